The van der Waals surface area contributed by atoms with E-state index in [1.807, 2.05) is 30.3 Å². The molecule has 2 heterocycles. The van der Waals surface area contributed by atoms with Crippen LogP contribution in [-0.2, 0) is 9.53 Å². The highest BCUT2D eigenvalue weighted by Crippen LogP contribution is 2.24. The molecule has 0 fully saturated rings. The normalized spacial score (nSPS) is 11.5. The van der Waals surface area contributed by atoms with Crippen LogP contribution in [0, 0.1) is 0 Å². The molecule has 0 aliphatic carbocycles. The molecule has 2 aromatic heterocycles. The molecule has 2 aromatic carbocycles. The van der Waals surface area contributed by atoms with Crippen molar-refractivity contribution in [3.8, 4) is 22.7 Å². The molecule has 1 amide bonds. The fourth-order valence-electron chi connectivity index (χ4n) is 3.15. The first kappa shape index (κ1) is 21.8. The lowest BCUT2D eigenvalue weighted by atomic mass is 10.1. The largest absolute Gasteiger partial charge is 0.497 e. The van der Waals surface area contributed by atoms with Crippen LogP contribution in [0.1, 0.15) is 17.3 Å². The van der Waals surface area contributed by atoms with Gasteiger partial charge in [0.2, 0.25) is 0 Å². The number of nitrogens with zero attached hydrogens (tertiary/aromatic N) is 3. The van der Waals surface area contributed by atoms with Gasteiger partial charge in [-0.2, -0.15) is 5.10 Å². The summed E-state index contributed by atoms with van der Waals surface area (Å²) in [6.07, 6.45) is 3.82. The fourth-order valence-corrected chi connectivity index (χ4v) is 3.15. The number of methoxy groups -OCH3 is 1. The number of carbonyl (C=O) groups is 2. The number of nitrogens with one attached hydrogen (secondary N) is 1. The Labute approximate surface area is 190 Å². The molecular formula is C25H22N4O4. The third-order valence-electron chi connectivity index (χ3n) is 4.90. The van der Waals surface area contributed by atoms with Crippen molar-refractivity contribution in [1.29, 1.82) is 0 Å². The Kier molecular flexibility index (Phi) is 6.45. The molecular weight excluding hydrogens is 420 g/mol. The van der Waals surface area contributed by atoms with Crippen LogP contribution in [0.2, 0.25) is 0 Å². The van der Waals surface area contributed by atoms with E-state index in [9.17, 15) is 9.59 Å². The van der Waals surface area contributed by atoms with Gasteiger partial charge in [0.25, 0.3) is 5.91 Å². The maximum absolute atomic E-state index is 13.0. The van der Waals surface area contributed by atoms with Gasteiger partial charge in [0.05, 0.1) is 12.8 Å². The topological polar surface area (TPSA) is 95.3 Å². The number of benzene rings is 2. The standard InChI is InChI=1S/C25H22N4O4/c1-17(24(30)27-19-10-12-21(32-2)13-11-19)33-25(31)22-16-29(20-8-4-3-5-9-20)28-23(22)18-7-6-14-26-15-18/h3-17H,1-2H3,(H,27,30). The van der Waals surface area contributed by atoms with Crippen molar-refractivity contribution < 1.29 is 19.1 Å². The van der Waals surface area contributed by atoms with Crippen LogP contribution in [0.25, 0.3) is 16.9 Å². The van der Waals surface area contributed by atoms with Gasteiger partial charge in [-0.25, -0.2) is 9.48 Å². The van der Waals surface area contributed by atoms with Gasteiger partial charge in [-0.1, -0.05) is 18.2 Å². The van der Waals surface area contributed by atoms with Crippen molar-refractivity contribution in [3.63, 3.8) is 0 Å². The van der Waals surface area contributed by atoms with Gasteiger partial charge in [0.1, 0.15) is 17.0 Å². The lowest BCUT2D eigenvalue weighted by molar-refractivity contribution is -0.123. The molecule has 0 saturated heterocycles. The highest BCUT2D eigenvalue weighted by Gasteiger charge is 2.24. The molecule has 33 heavy (non-hydrogen) atoms. The Hall–Kier alpha value is -4.46. The van der Waals surface area contributed by atoms with Crippen LogP contribution in [0.5, 0.6) is 5.75 Å². The molecule has 4 rings (SSSR count). The number of rotatable bonds is 7. The molecule has 0 bridgehead atoms. The van der Waals surface area contributed by atoms with Crippen LogP contribution in [0.4, 0.5) is 5.69 Å². The van der Waals surface area contributed by atoms with Crippen LogP contribution >= 0.6 is 0 Å². The van der Waals surface area contributed by atoms with E-state index in [2.05, 4.69) is 15.4 Å². The number of ether oxygens (including phenoxy) is 2. The van der Waals surface area contributed by atoms with Crippen molar-refractivity contribution in [2.45, 2.75) is 13.0 Å². The molecule has 8 nitrogen and oxygen atoms in total. The minimum Gasteiger partial charge on any atom is -0.497 e. The van der Waals surface area contributed by atoms with E-state index in [0.29, 0.717) is 22.7 Å². The van der Waals surface area contributed by atoms with Crippen molar-refractivity contribution in [2.24, 2.45) is 0 Å². The lowest BCUT2D eigenvalue weighted by Crippen LogP contribution is -2.30. The number of pyridine rings is 1. The second-order valence-electron chi connectivity index (χ2n) is 7.18. The number of para-hydroxylation sites is 1. The van der Waals surface area contributed by atoms with Crippen LogP contribution in [0.15, 0.2) is 85.3 Å². The fraction of sp³-hybridized carbons (Fsp3) is 0.120. The lowest BCUT2D eigenvalue weighted by Gasteiger charge is -2.13. The van der Waals surface area contributed by atoms with E-state index >= 15 is 0 Å². The predicted molar refractivity (Wildman–Crippen MR) is 123 cm³/mol. The van der Waals surface area contributed by atoms with E-state index in [0.717, 1.165) is 5.69 Å². The summed E-state index contributed by atoms with van der Waals surface area (Å²) in [6, 6.07) is 19.8. The Morgan fingerprint density at radius 2 is 1.76 bits per heavy atom. The van der Waals surface area contributed by atoms with Crippen molar-refractivity contribution in [2.75, 3.05) is 12.4 Å². The predicted octanol–water partition coefficient (Wildman–Crippen LogP) is 4.13. The maximum atomic E-state index is 13.0. The second kappa shape index (κ2) is 9.78. The summed E-state index contributed by atoms with van der Waals surface area (Å²) in [4.78, 5) is 29.7. The maximum Gasteiger partial charge on any atom is 0.342 e. The number of hydrogen-bond donors (Lipinski definition) is 1. The summed E-state index contributed by atoms with van der Waals surface area (Å²) >= 11 is 0. The molecule has 1 N–H and O–H groups in total. The number of aromatic nitrogens is 3. The third kappa shape index (κ3) is 5.07. The number of esters is 1. The van der Waals surface area contributed by atoms with Gasteiger partial charge in [-0.15, -0.1) is 0 Å². The third-order valence-corrected chi connectivity index (χ3v) is 4.90. The summed E-state index contributed by atoms with van der Waals surface area (Å²) in [5.74, 6) is -0.439. The quantitative estimate of drug-likeness (QED) is 0.433. The van der Waals surface area contributed by atoms with Crippen molar-refractivity contribution in [1.82, 2.24) is 14.8 Å². The Morgan fingerprint density at radius 3 is 2.42 bits per heavy atom. The first-order valence-corrected chi connectivity index (χ1v) is 10.3. The average Bonchev–Trinajstić information content (AvgIpc) is 3.31. The van der Waals surface area contributed by atoms with Gasteiger partial charge >= 0.3 is 5.97 Å². The van der Waals surface area contributed by atoms with E-state index < -0.39 is 18.0 Å². The molecule has 0 spiro atoms. The zero-order chi connectivity index (χ0) is 23.2. The van der Waals surface area contributed by atoms with E-state index in [4.69, 9.17) is 9.47 Å². The van der Waals surface area contributed by atoms with Crippen LogP contribution < -0.4 is 10.1 Å². The summed E-state index contributed by atoms with van der Waals surface area (Å²) in [5.41, 5.74) is 2.66. The summed E-state index contributed by atoms with van der Waals surface area (Å²) in [6.45, 7) is 1.52. The van der Waals surface area contributed by atoms with Gasteiger partial charge < -0.3 is 14.8 Å². The van der Waals surface area contributed by atoms with E-state index in [-0.39, 0.29) is 5.56 Å². The number of amides is 1. The van der Waals surface area contributed by atoms with E-state index in [1.54, 1.807) is 66.8 Å². The zero-order valence-electron chi connectivity index (χ0n) is 18.1. The molecule has 8 heteroatoms. The molecule has 0 aliphatic rings. The molecule has 1 atom stereocenters. The minimum absolute atomic E-state index is 0.232. The van der Waals surface area contributed by atoms with Crippen molar-refractivity contribution in [3.05, 3.63) is 90.9 Å². The highest BCUT2D eigenvalue weighted by molar-refractivity contribution is 6.00. The van der Waals surface area contributed by atoms with Crippen LogP contribution in [-0.4, -0.2) is 39.9 Å². The molecule has 0 saturated carbocycles. The van der Waals surface area contributed by atoms with Gasteiger partial charge in [0.15, 0.2) is 6.10 Å². The summed E-state index contributed by atoms with van der Waals surface area (Å²) < 4.78 is 12.2. The molecule has 0 aliphatic heterocycles. The summed E-state index contributed by atoms with van der Waals surface area (Å²) in [5, 5.41) is 7.30. The number of anilines is 1. The smallest absolute Gasteiger partial charge is 0.342 e. The Bertz CT molecular complexity index is 1240. The molecule has 4 aromatic rings. The highest BCUT2D eigenvalue weighted by atomic mass is 16.5. The molecule has 1 unspecified atom stereocenters. The van der Waals surface area contributed by atoms with Gasteiger partial charge in [-0.05, 0) is 55.5 Å². The van der Waals surface area contributed by atoms with Gasteiger partial charge in [0, 0.05) is 29.8 Å². The van der Waals surface area contributed by atoms with E-state index in [1.165, 1.54) is 6.92 Å². The second-order valence-corrected chi connectivity index (χ2v) is 7.18. The monoisotopic (exact) mass is 442 g/mol. The zero-order valence-corrected chi connectivity index (χ0v) is 18.1. The average molecular weight is 442 g/mol. The molecule has 166 valence electrons. The van der Waals surface area contributed by atoms with Crippen molar-refractivity contribution >= 4 is 17.6 Å². The first-order valence-electron chi connectivity index (χ1n) is 10.3. The van der Waals surface area contributed by atoms with Gasteiger partial charge in [-0.3, -0.25) is 9.78 Å². The number of carbonyl (C=O) groups excluding carboxylic acids is 2. The van der Waals surface area contributed by atoms with Crippen LogP contribution in [0.3, 0.4) is 0 Å². The first-order chi connectivity index (χ1) is 16.0. The summed E-state index contributed by atoms with van der Waals surface area (Å²) in [7, 11) is 1.56. The molecule has 0 radical (unpaired) electrons. The SMILES string of the molecule is COc1ccc(NC(=O)C(C)OC(=O)c2cn(-c3ccccc3)nc2-c2cccnc2)cc1. The Morgan fingerprint density at radius 1 is 1.00 bits per heavy atom. The Balaban J connectivity index is 1.55. The number of hydrogen-bond acceptors (Lipinski definition) is 6. The minimum atomic E-state index is -1.03.